The minimum Gasteiger partial charge on any atom is -1.00 e. The van der Waals surface area contributed by atoms with E-state index < -0.39 is 0 Å². The summed E-state index contributed by atoms with van der Waals surface area (Å²) in [5, 5.41) is 2.53. The van der Waals surface area contributed by atoms with E-state index in [0.717, 1.165) is 5.56 Å². The average Bonchev–Trinajstić information content (AvgIpc) is 3.14. The number of hydrogen-bond acceptors (Lipinski definition) is 0. The molecule has 0 amide bonds. The summed E-state index contributed by atoms with van der Waals surface area (Å²) >= 11 is 0. The van der Waals surface area contributed by atoms with E-state index in [2.05, 4.69) is 84.0 Å². The van der Waals surface area contributed by atoms with Crippen molar-refractivity contribution >= 4 is 22.9 Å². The maximum absolute atomic E-state index is 12.8. The molecule has 0 saturated carbocycles. The van der Waals surface area contributed by atoms with Crippen molar-refractivity contribution < 1.29 is 55.4 Å². The molecule has 0 aromatic heterocycles. The summed E-state index contributed by atoms with van der Waals surface area (Å²) < 4.78 is 12.8. The molecular weight excluding hydrogens is 517 g/mol. The Labute approximate surface area is 224 Å². The molecule has 0 spiro atoms. The number of hydrogen-bond donors (Lipinski definition) is 0. The molecule has 0 radical (unpaired) electrons. The molecular formula is C28H29Cl2FZr. The van der Waals surface area contributed by atoms with Crippen LogP contribution in [0.15, 0.2) is 71.3 Å². The van der Waals surface area contributed by atoms with Crippen molar-refractivity contribution in [3.63, 3.8) is 0 Å². The Morgan fingerprint density at radius 3 is 2.03 bits per heavy atom. The first-order chi connectivity index (χ1) is 13.7. The number of rotatable bonds is 2. The first kappa shape index (κ1) is 30.7. The van der Waals surface area contributed by atoms with Crippen LogP contribution in [0.25, 0.3) is 22.9 Å². The van der Waals surface area contributed by atoms with Gasteiger partial charge in [0.2, 0.25) is 0 Å². The van der Waals surface area contributed by atoms with Crippen molar-refractivity contribution in [3.8, 4) is 0 Å². The summed E-state index contributed by atoms with van der Waals surface area (Å²) in [6.45, 7) is 13.0. The van der Waals surface area contributed by atoms with E-state index in [0.29, 0.717) is 0 Å². The van der Waals surface area contributed by atoms with Crippen LogP contribution < -0.4 is 24.8 Å². The van der Waals surface area contributed by atoms with Gasteiger partial charge in [-0.25, -0.2) is 9.96 Å². The van der Waals surface area contributed by atoms with Crippen LogP contribution in [0.1, 0.15) is 51.3 Å². The summed E-state index contributed by atoms with van der Waals surface area (Å²) in [5.74, 6) is -0.203. The summed E-state index contributed by atoms with van der Waals surface area (Å²) in [5.41, 5.74) is 7.86. The standard InChI is InChI=1S/C18H14F.C10H15.2ClH.Zr/c1-13-11-16-4-2-3-15(18(16)12-13)8-5-14-6-9-17(19)10-7-14;1-7-6-10(4,5)9(3)8(7)2;;;/h2-12H,1H3;1-5H3;2*1H;/q2*-1;;;+4/p-2/b8-5+;;;;. The molecule has 32 heavy (non-hydrogen) atoms. The molecule has 0 bridgehead atoms. The largest absolute Gasteiger partial charge is 4.00 e. The van der Waals surface area contributed by atoms with Gasteiger partial charge >= 0.3 is 26.2 Å². The van der Waals surface area contributed by atoms with Crippen LogP contribution in [-0.2, 0) is 26.2 Å². The van der Waals surface area contributed by atoms with Gasteiger partial charge in [0.1, 0.15) is 5.82 Å². The Morgan fingerprint density at radius 1 is 0.906 bits per heavy atom. The van der Waals surface area contributed by atoms with Gasteiger partial charge in [-0.15, -0.1) is 41.5 Å². The van der Waals surface area contributed by atoms with E-state index >= 15 is 0 Å². The van der Waals surface area contributed by atoms with Gasteiger partial charge in [0, 0.05) is 0 Å². The van der Waals surface area contributed by atoms with Crippen molar-refractivity contribution in [3.05, 3.63) is 99.9 Å². The van der Waals surface area contributed by atoms with Gasteiger partial charge in [-0.1, -0.05) is 75.9 Å². The number of fused-ring (bicyclic) bond motifs is 1. The minimum absolute atomic E-state index is 0. The Kier molecular flexibility index (Phi) is 12.2. The Hall–Kier alpha value is -1.34. The first-order valence-electron chi connectivity index (χ1n) is 10.1. The summed E-state index contributed by atoms with van der Waals surface area (Å²) in [4.78, 5) is 0. The second kappa shape index (κ2) is 12.8. The number of aryl methyl sites for hydroxylation is 1. The minimum atomic E-state index is -0.203. The van der Waals surface area contributed by atoms with Crippen LogP contribution in [-0.4, -0.2) is 0 Å². The molecule has 1 aliphatic rings. The molecule has 0 atom stereocenters. The topological polar surface area (TPSA) is 0 Å². The molecule has 0 unspecified atom stereocenters. The van der Waals surface area contributed by atoms with E-state index in [9.17, 15) is 4.39 Å². The van der Waals surface area contributed by atoms with Crippen LogP contribution in [0.4, 0.5) is 4.39 Å². The van der Waals surface area contributed by atoms with Gasteiger partial charge in [0.15, 0.2) is 0 Å². The molecule has 1 aliphatic carbocycles. The summed E-state index contributed by atoms with van der Waals surface area (Å²) in [7, 11) is 0. The fourth-order valence-electron chi connectivity index (χ4n) is 3.72. The van der Waals surface area contributed by atoms with Gasteiger partial charge < -0.3 is 24.8 Å². The predicted molar refractivity (Wildman–Crippen MR) is 124 cm³/mol. The SMILES string of the molecule is CC1=[C-]C(C)(C)C(C)=C1C.Cc1cc2c(/C=C/c3ccc(F)cc3)cccc2[cH-]1.[Cl-].[Cl-].[Zr+4]. The second-order valence-electron chi connectivity index (χ2n) is 8.39. The molecule has 166 valence electrons. The predicted octanol–water partition coefficient (Wildman–Crippen LogP) is 2.29. The fourth-order valence-corrected chi connectivity index (χ4v) is 3.72. The monoisotopic (exact) mass is 544 g/mol. The van der Waals surface area contributed by atoms with E-state index in [1.807, 2.05) is 6.08 Å². The smallest absolute Gasteiger partial charge is 1.00 e. The van der Waals surface area contributed by atoms with Crippen molar-refractivity contribution in [1.82, 2.24) is 0 Å². The van der Waals surface area contributed by atoms with Crippen molar-refractivity contribution in [2.75, 3.05) is 0 Å². The second-order valence-corrected chi connectivity index (χ2v) is 8.39. The summed E-state index contributed by atoms with van der Waals surface area (Å²) in [6.07, 6.45) is 7.52. The quantitative estimate of drug-likeness (QED) is 0.342. The number of allylic oxidation sites excluding steroid dienone is 4. The number of halogens is 3. The first-order valence-corrected chi connectivity index (χ1v) is 10.1. The van der Waals surface area contributed by atoms with Crippen molar-refractivity contribution in [2.24, 2.45) is 5.41 Å². The third kappa shape index (κ3) is 7.34. The van der Waals surface area contributed by atoms with E-state index in [-0.39, 0.29) is 62.2 Å². The Morgan fingerprint density at radius 2 is 1.53 bits per heavy atom. The average molecular weight is 547 g/mol. The maximum atomic E-state index is 12.8. The van der Waals surface area contributed by atoms with Crippen LogP contribution in [0.3, 0.4) is 0 Å². The zero-order valence-electron chi connectivity index (χ0n) is 19.5. The van der Waals surface area contributed by atoms with Crippen LogP contribution in [0, 0.1) is 24.2 Å². The molecule has 0 aliphatic heterocycles. The molecule has 3 aromatic carbocycles. The summed E-state index contributed by atoms with van der Waals surface area (Å²) in [6, 6.07) is 17.2. The third-order valence-corrected chi connectivity index (χ3v) is 5.82. The van der Waals surface area contributed by atoms with E-state index in [1.54, 1.807) is 12.1 Å². The van der Waals surface area contributed by atoms with Gasteiger partial charge in [-0.3, -0.25) is 6.08 Å². The fraction of sp³-hybridized carbons (Fsp3) is 0.250. The van der Waals surface area contributed by atoms with Gasteiger partial charge in [-0.2, -0.15) is 17.2 Å². The zero-order valence-corrected chi connectivity index (χ0v) is 23.5. The van der Waals surface area contributed by atoms with Crippen molar-refractivity contribution in [2.45, 2.75) is 41.5 Å². The van der Waals surface area contributed by atoms with Crippen LogP contribution >= 0.6 is 0 Å². The zero-order chi connectivity index (χ0) is 21.2. The Balaban J connectivity index is 0.000000642. The van der Waals surface area contributed by atoms with Gasteiger partial charge in [0.25, 0.3) is 0 Å². The molecule has 0 saturated heterocycles. The van der Waals surface area contributed by atoms with Crippen LogP contribution in [0.5, 0.6) is 0 Å². The molecule has 4 heteroatoms. The van der Waals surface area contributed by atoms with Crippen LogP contribution in [0.2, 0.25) is 0 Å². The van der Waals surface area contributed by atoms with Crippen molar-refractivity contribution in [1.29, 1.82) is 0 Å². The molecule has 3 aromatic rings. The molecule has 0 N–H and O–H groups in total. The molecule has 0 nitrogen and oxygen atoms in total. The van der Waals surface area contributed by atoms with Gasteiger partial charge in [-0.05, 0) is 17.7 Å². The Bertz CT molecular complexity index is 1120. The normalized spacial score (nSPS) is 14.2. The molecule has 4 rings (SSSR count). The maximum Gasteiger partial charge on any atom is 4.00 e. The van der Waals surface area contributed by atoms with Gasteiger partial charge in [0.05, 0.1) is 0 Å². The third-order valence-electron chi connectivity index (χ3n) is 5.82. The number of benzene rings is 2. The van der Waals surface area contributed by atoms with E-state index in [4.69, 9.17) is 0 Å². The molecule has 0 fully saturated rings. The van der Waals surface area contributed by atoms with E-state index in [1.165, 1.54) is 50.8 Å². The molecule has 0 heterocycles.